The number of rotatable bonds is 8. The minimum Gasteiger partial charge on any atom is -0.456 e. The third kappa shape index (κ3) is 5.25. The number of hydrogen-bond acceptors (Lipinski definition) is 5. The van der Waals surface area contributed by atoms with Gasteiger partial charge in [0, 0.05) is 25.0 Å². The molecular weight excluding hydrogens is 455 g/mol. The Kier molecular flexibility index (Phi) is 6.50. The van der Waals surface area contributed by atoms with E-state index in [0.717, 1.165) is 36.1 Å². The number of nitrogens with one attached hydrogen (secondary N) is 1. The molecule has 170 valence electrons. The van der Waals surface area contributed by atoms with Crippen molar-refractivity contribution < 1.29 is 17.9 Å². The van der Waals surface area contributed by atoms with Crippen LogP contribution in [0.1, 0.15) is 12.0 Å². The summed E-state index contributed by atoms with van der Waals surface area (Å²) in [5.74, 6) is 0.866. The van der Waals surface area contributed by atoms with E-state index in [1.807, 2.05) is 16.8 Å². The summed E-state index contributed by atoms with van der Waals surface area (Å²) >= 11 is 6.35. The van der Waals surface area contributed by atoms with E-state index < -0.39 is 11.7 Å². The van der Waals surface area contributed by atoms with Gasteiger partial charge < -0.3 is 19.6 Å². The number of alkyl halides is 3. The molecule has 33 heavy (non-hydrogen) atoms. The first kappa shape index (κ1) is 22.6. The Balaban J connectivity index is 1.55. The third-order valence-corrected chi connectivity index (χ3v) is 5.14. The van der Waals surface area contributed by atoms with Crippen LogP contribution in [0.4, 0.5) is 24.7 Å². The van der Waals surface area contributed by atoms with Crippen molar-refractivity contribution in [1.29, 1.82) is 0 Å². The Morgan fingerprint density at radius 1 is 1.12 bits per heavy atom. The van der Waals surface area contributed by atoms with Gasteiger partial charge in [0.05, 0.1) is 16.1 Å². The van der Waals surface area contributed by atoms with Gasteiger partial charge in [-0.1, -0.05) is 17.7 Å². The Morgan fingerprint density at radius 2 is 1.97 bits per heavy atom. The van der Waals surface area contributed by atoms with Gasteiger partial charge in [-0.25, -0.2) is 9.97 Å². The quantitative estimate of drug-likeness (QED) is 0.227. The summed E-state index contributed by atoms with van der Waals surface area (Å²) in [5.41, 5.74) is 1.46. The van der Waals surface area contributed by atoms with Crippen molar-refractivity contribution >= 4 is 40.9 Å². The van der Waals surface area contributed by atoms with Crippen LogP contribution >= 0.6 is 11.6 Å². The zero-order chi connectivity index (χ0) is 23.4. The SMILES string of the molecule is C=NCCCn1ccc2ncnc(Nc3ccc(Oc4cccc(C(F)(F)F)c4)c(Cl)c3)c21. The number of aryl methyl sites for hydroxylation is 1. The lowest BCUT2D eigenvalue weighted by Crippen LogP contribution is -2.04. The third-order valence-electron chi connectivity index (χ3n) is 4.85. The first-order valence-corrected chi connectivity index (χ1v) is 10.4. The molecule has 0 saturated carbocycles. The summed E-state index contributed by atoms with van der Waals surface area (Å²) in [4.78, 5) is 12.5. The minimum atomic E-state index is -4.46. The maximum absolute atomic E-state index is 12.9. The molecule has 0 aliphatic carbocycles. The monoisotopic (exact) mass is 473 g/mol. The minimum absolute atomic E-state index is 0.0387. The summed E-state index contributed by atoms with van der Waals surface area (Å²) < 4.78 is 46.4. The number of aromatic nitrogens is 3. The lowest BCUT2D eigenvalue weighted by Gasteiger charge is -2.13. The largest absolute Gasteiger partial charge is 0.456 e. The number of aliphatic imine (C=N–C) groups is 1. The van der Waals surface area contributed by atoms with Gasteiger partial charge in [-0.3, -0.25) is 0 Å². The van der Waals surface area contributed by atoms with Crippen molar-refractivity contribution in [1.82, 2.24) is 14.5 Å². The second kappa shape index (κ2) is 9.50. The van der Waals surface area contributed by atoms with Crippen molar-refractivity contribution in [3.05, 3.63) is 71.6 Å². The van der Waals surface area contributed by atoms with E-state index in [2.05, 4.69) is 27.0 Å². The maximum atomic E-state index is 12.9. The highest BCUT2D eigenvalue weighted by Crippen LogP contribution is 2.36. The first-order chi connectivity index (χ1) is 15.8. The highest BCUT2D eigenvalue weighted by Gasteiger charge is 2.30. The van der Waals surface area contributed by atoms with Crippen LogP contribution in [-0.4, -0.2) is 27.8 Å². The van der Waals surface area contributed by atoms with Crippen molar-refractivity contribution in [3.63, 3.8) is 0 Å². The Labute approximate surface area is 192 Å². The number of halogens is 4. The fourth-order valence-corrected chi connectivity index (χ4v) is 3.54. The van der Waals surface area contributed by atoms with Crippen LogP contribution < -0.4 is 10.1 Å². The normalized spacial score (nSPS) is 11.5. The maximum Gasteiger partial charge on any atom is 0.416 e. The van der Waals surface area contributed by atoms with Crippen LogP contribution in [0, 0.1) is 0 Å². The molecule has 10 heteroatoms. The Bertz CT molecular complexity index is 1290. The highest BCUT2D eigenvalue weighted by molar-refractivity contribution is 6.32. The number of nitrogens with zero attached hydrogens (tertiary/aromatic N) is 4. The number of ether oxygens (including phenoxy) is 1. The molecule has 0 radical (unpaired) electrons. The summed E-state index contributed by atoms with van der Waals surface area (Å²) in [6.07, 6.45) is -0.228. The number of hydrogen-bond donors (Lipinski definition) is 1. The molecule has 0 bridgehead atoms. The van der Waals surface area contributed by atoms with Crippen molar-refractivity contribution in [3.8, 4) is 11.5 Å². The van der Waals surface area contributed by atoms with Crippen LogP contribution in [0.15, 0.2) is 66.0 Å². The Morgan fingerprint density at radius 3 is 2.73 bits per heavy atom. The first-order valence-electron chi connectivity index (χ1n) is 9.99. The molecule has 4 aromatic rings. The predicted octanol–water partition coefficient (Wildman–Crippen LogP) is 6.73. The molecule has 4 rings (SSSR count). The molecule has 1 N–H and O–H groups in total. The zero-order valence-corrected chi connectivity index (χ0v) is 18.1. The molecule has 0 amide bonds. The van der Waals surface area contributed by atoms with Gasteiger partial charge in [-0.2, -0.15) is 13.2 Å². The Hall–Kier alpha value is -3.59. The van der Waals surface area contributed by atoms with Crippen molar-refractivity contribution in [2.24, 2.45) is 4.99 Å². The zero-order valence-electron chi connectivity index (χ0n) is 17.3. The van der Waals surface area contributed by atoms with Gasteiger partial charge in [-0.15, -0.1) is 0 Å². The van der Waals surface area contributed by atoms with Crippen LogP contribution in [0.3, 0.4) is 0 Å². The predicted molar refractivity (Wildman–Crippen MR) is 123 cm³/mol. The molecular formula is C23H19ClF3N5O. The summed E-state index contributed by atoms with van der Waals surface area (Å²) in [6, 6.07) is 11.4. The number of benzene rings is 2. The van der Waals surface area contributed by atoms with Crippen molar-refractivity contribution in [2.45, 2.75) is 19.1 Å². The topological polar surface area (TPSA) is 64.3 Å². The summed E-state index contributed by atoms with van der Waals surface area (Å²) in [7, 11) is 0. The smallest absolute Gasteiger partial charge is 0.416 e. The van der Waals surface area contributed by atoms with E-state index in [1.54, 1.807) is 18.2 Å². The van der Waals surface area contributed by atoms with E-state index in [1.165, 1.54) is 18.5 Å². The van der Waals surface area contributed by atoms with Gasteiger partial charge in [0.1, 0.15) is 23.3 Å². The summed E-state index contributed by atoms with van der Waals surface area (Å²) in [6.45, 7) is 4.89. The van der Waals surface area contributed by atoms with Gasteiger partial charge >= 0.3 is 6.18 Å². The molecule has 0 atom stereocenters. The van der Waals surface area contributed by atoms with E-state index in [-0.39, 0.29) is 16.5 Å². The fourth-order valence-electron chi connectivity index (χ4n) is 3.32. The molecule has 0 aliphatic rings. The molecule has 2 aromatic carbocycles. The van der Waals surface area contributed by atoms with E-state index in [0.29, 0.717) is 18.1 Å². The molecule has 0 unspecified atom stereocenters. The molecule has 0 aliphatic heterocycles. The van der Waals surface area contributed by atoms with Crippen LogP contribution in [0.5, 0.6) is 11.5 Å². The van der Waals surface area contributed by atoms with Gasteiger partial charge in [0.15, 0.2) is 5.82 Å². The lowest BCUT2D eigenvalue weighted by atomic mass is 10.2. The van der Waals surface area contributed by atoms with Gasteiger partial charge in [-0.05, 0) is 55.6 Å². The lowest BCUT2D eigenvalue weighted by molar-refractivity contribution is -0.137. The number of fused-ring (bicyclic) bond motifs is 1. The molecule has 2 heterocycles. The van der Waals surface area contributed by atoms with Crippen LogP contribution in [0.2, 0.25) is 5.02 Å². The molecule has 6 nitrogen and oxygen atoms in total. The van der Waals surface area contributed by atoms with Gasteiger partial charge in [0.25, 0.3) is 0 Å². The molecule has 0 spiro atoms. The average Bonchev–Trinajstić information content (AvgIpc) is 3.20. The average molecular weight is 474 g/mol. The summed E-state index contributed by atoms with van der Waals surface area (Å²) in [5, 5.41) is 3.46. The second-order valence-corrected chi connectivity index (χ2v) is 7.57. The molecule has 2 aromatic heterocycles. The molecule has 0 saturated heterocycles. The second-order valence-electron chi connectivity index (χ2n) is 7.16. The number of anilines is 2. The van der Waals surface area contributed by atoms with E-state index in [4.69, 9.17) is 16.3 Å². The van der Waals surface area contributed by atoms with Crippen molar-refractivity contribution in [2.75, 3.05) is 11.9 Å². The fraction of sp³-hybridized carbons (Fsp3) is 0.174. The van der Waals surface area contributed by atoms with Crippen LogP contribution in [-0.2, 0) is 12.7 Å². The molecule has 0 fully saturated rings. The van der Waals surface area contributed by atoms with E-state index in [9.17, 15) is 13.2 Å². The highest BCUT2D eigenvalue weighted by atomic mass is 35.5. The van der Waals surface area contributed by atoms with Gasteiger partial charge in [0.2, 0.25) is 0 Å². The van der Waals surface area contributed by atoms with Crippen LogP contribution in [0.25, 0.3) is 11.0 Å². The standard InChI is InChI=1S/C23H19ClF3N5O/c1-28-9-3-10-32-11-8-19-21(32)22(30-14-29-19)31-16-6-7-20(18(24)13-16)33-17-5-2-4-15(12-17)23(25,26)27/h2,4-8,11-14H,1,3,9-10H2,(H,29,30,31). The van der Waals surface area contributed by atoms with E-state index >= 15 is 0 Å².